The molecule has 1 unspecified atom stereocenters. The zero-order chi connectivity index (χ0) is 18.7. The number of fused-ring (bicyclic) bond motifs is 1. The molecule has 1 saturated heterocycles. The van der Waals surface area contributed by atoms with Crippen molar-refractivity contribution in [3.8, 4) is 11.5 Å². The van der Waals surface area contributed by atoms with Crippen LogP contribution in [-0.2, 0) is 11.3 Å². The molecular weight excluding hydrogens is 358 g/mol. The molecule has 0 saturated carbocycles. The minimum atomic E-state index is -1.23. The third-order valence-corrected chi connectivity index (χ3v) is 5.91. The topological polar surface area (TPSA) is 58.6 Å². The summed E-state index contributed by atoms with van der Waals surface area (Å²) in [5, 5.41) is 15.5. The summed E-state index contributed by atoms with van der Waals surface area (Å²) in [5.41, 5.74) is -0.306. The lowest BCUT2D eigenvalue weighted by atomic mass is 10.0. The normalized spacial score (nSPS) is 19.1. The fourth-order valence-corrected chi connectivity index (χ4v) is 4.41. The van der Waals surface area contributed by atoms with Crippen LogP contribution in [0.25, 0.3) is 10.8 Å². The molecule has 4 nitrogen and oxygen atoms in total. The number of carbonyl (C=O) groups is 1. The Morgan fingerprint density at radius 3 is 2.67 bits per heavy atom. The van der Waals surface area contributed by atoms with Gasteiger partial charge in [0.2, 0.25) is 0 Å². The maximum Gasteiger partial charge on any atom is 0.253 e. The number of nitrogens with one attached hydrogen (secondary N) is 1. The van der Waals surface area contributed by atoms with Gasteiger partial charge in [-0.25, -0.2) is 0 Å². The molecule has 27 heavy (non-hydrogen) atoms. The van der Waals surface area contributed by atoms with Crippen LogP contribution >= 0.6 is 11.8 Å². The van der Waals surface area contributed by atoms with E-state index in [2.05, 4.69) is 17.4 Å². The predicted octanol–water partition coefficient (Wildman–Crippen LogP) is 4.12. The Kier molecular flexibility index (Phi) is 5.05. The lowest BCUT2D eigenvalue weighted by Crippen LogP contribution is -2.46. The lowest BCUT2D eigenvalue weighted by molar-refractivity contribution is -0.137. The number of hydrogen-bond donors (Lipinski definition) is 2. The van der Waals surface area contributed by atoms with Crippen LogP contribution in [0.4, 0.5) is 0 Å². The zero-order valence-corrected chi connectivity index (χ0v) is 15.7. The maximum absolute atomic E-state index is 12.2. The highest BCUT2D eigenvalue weighted by Gasteiger charge is 2.39. The first-order chi connectivity index (χ1) is 13.1. The van der Waals surface area contributed by atoms with Gasteiger partial charge in [0, 0.05) is 12.3 Å². The number of amides is 1. The molecule has 0 bridgehead atoms. The summed E-state index contributed by atoms with van der Waals surface area (Å²) in [4.78, 5) is 12.2. The molecule has 2 N–H and O–H groups in total. The van der Waals surface area contributed by atoms with E-state index < -0.39 is 5.60 Å². The molecule has 3 aromatic carbocycles. The van der Waals surface area contributed by atoms with Gasteiger partial charge < -0.3 is 15.2 Å². The molecule has 0 spiro atoms. The Morgan fingerprint density at radius 1 is 1.04 bits per heavy atom. The first-order valence-electron chi connectivity index (χ1n) is 8.96. The van der Waals surface area contributed by atoms with Crippen LogP contribution in [0.2, 0.25) is 0 Å². The van der Waals surface area contributed by atoms with E-state index in [0.717, 1.165) is 22.5 Å². The van der Waals surface area contributed by atoms with E-state index in [1.54, 1.807) is 11.8 Å². The van der Waals surface area contributed by atoms with E-state index in [9.17, 15) is 9.90 Å². The minimum Gasteiger partial charge on any atom is -0.457 e. The van der Waals surface area contributed by atoms with E-state index in [1.807, 2.05) is 54.6 Å². The lowest BCUT2D eigenvalue weighted by Gasteiger charge is -2.20. The quantitative estimate of drug-likeness (QED) is 0.700. The van der Waals surface area contributed by atoms with Gasteiger partial charge in [0.1, 0.15) is 11.5 Å². The number of aliphatic hydroxyl groups is 1. The summed E-state index contributed by atoms with van der Waals surface area (Å²) >= 11 is 1.60. The minimum absolute atomic E-state index is 0.298. The molecule has 3 aromatic rings. The van der Waals surface area contributed by atoms with Gasteiger partial charge in [0.15, 0.2) is 5.60 Å². The summed E-state index contributed by atoms with van der Waals surface area (Å²) in [6, 6.07) is 21.8. The van der Waals surface area contributed by atoms with Crippen molar-refractivity contribution in [3.05, 3.63) is 72.3 Å². The fraction of sp³-hybridized carbons (Fsp3) is 0.227. The number of benzene rings is 3. The van der Waals surface area contributed by atoms with Crippen LogP contribution in [-0.4, -0.2) is 28.1 Å². The van der Waals surface area contributed by atoms with Crippen molar-refractivity contribution in [2.24, 2.45) is 0 Å². The van der Waals surface area contributed by atoms with Gasteiger partial charge >= 0.3 is 0 Å². The Morgan fingerprint density at radius 2 is 1.85 bits per heavy atom. The van der Waals surface area contributed by atoms with E-state index in [4.69, 9.17) is 4.74 Å². The monoisotopic (exact) mass is 379 g/mol. The highest BCUT2D eigenvalue weighted by atomic mass is 32.2. The number of hydrogen-bond acceptors (Lipinski definition) is 4. The smallest absolute Gasteiger partial charge is 0.253 e. The Labute approximate surface area is 162 Å². The summed E-state index contributed by atoms with van der Waals surface area (Å²) in [6.45, 7) is 0.362. The number of ether oxygens (including phenoxy) is 1. The molecule has 1 aliphatic rings. The number of thioether (sulfide) groups is 1. The SMILES string of the molecule is O=C(NCc1cccc(Oc2ccc3ccccc3c2)c1)C1(O)CCSC1. The molecule has 1 heterocycles. The van der Waals surface area contributed by atoms with Gasteiger partial charge in [-0.3, -0.25) is 4.79 Å². The average molecular weight is 379 g/mol. The van der Waals surface area contributed by atoms with Crippen LogP contribution in [0.1, 0.15) is 12.0 Å². The van der Waals surface area contributed by atoms with Gasteiger partial charge in [-0.2, -0.15) is 11.8 Å². The summed E-state index contributed by atoms with van der Waals surface area (Å²) in [7, 11) is 0. The van der Waals surface area contributed by atoms with Crippen molar-refractivity contribution < 1.29 is 14.6 Å². The Bertz CT molecular complexity index is 966. The molecule has 1 amide bonds. The third kappa shape index (κ3) is 4.10. The molecular formula is C22H21NO3S. The molecule has 1 aliphatic heterocycles. The van der Waals surface area contributed by atoms with Crippen molar-refractivity contribution in [3.63, 3.8) is 0 Å². The van der Waals surface area contributed by atoms with Gasteiger partial charge in [0.05, 0.1) is 0 Å². The van der Waals surface area contributed by atoms with Crippen LogP contribution in [0.5, 0.6) is 11.5 Å². The van der Waals surface area contributed by atoms with E-state index in [0.29, 0.717) is 24.5 Å². The van der Waals surface area contributed by atoms with E-state index in [-0.39, 0.29) is 5.91 Å². The van der Waals surface area contributed by atoms with Gasteiger partial charge in [0.25, 0.3) is 5.91 Å². The fourth-order valence-electron chi connectivity index (χ4n) is 3.17. The zero-order valence-electron chi connectivity index (χ0n) is 14.9. The Balaban J connectivity index is 1.43. The van der Waals surface area contributed by atoms with Crippen LogP contribution < -0.4 is 10.1 Å². The van der Waals surface area contributed by atoms with Gasteiger partial charge in [-0.15, -0.1) is 0 Å². The molecule has 1 fully saturated rings. The van der Waals surface area contributed by atoms with Gasteiger partial charge in [-0.05, 0) is 52.8 Å². The summed E-state index contributed by atoms with van der Waals surface area (Å²) < 4.78 is 5.99. The standard InChI is InChI=1S/C22H21NO3S/c24-21(22(25)10-11-27-15-22)23-14-16-4-3-7-19(12-16)26-20-9-8-17-5-1-2-6-18(17)13-20/h1-9,12-13,25H,10-11,14-15H2,(H,23,24). The first kappa shape index (κ1) is 17.9. The molecule has 4 rings (SSSR count). The largest absolute Gasteiger partial charge is 0.457 e. The third-order valence-electron chi connectivity index (χ3n) is 4.73. The predicted molar refractivity (Wildman–Crippen MR) is 109 cm³/mol. The second-order valence-corrected chi connectivity index (χ2v) is 7.88. The van der Waals surface area contributed by atoms with Crippen molar-refractivity contribution in [1.82, 2.24) is 5.32 Å². The molecule has 5 heteroatoms. The molecule has 1 atom stereocenters. The van der Waals surface area contributed by atoms with Crippen molar-refractivity contribution in [2.75, 3.05) is 11.5 Å². The molecule has 0 aliphatic carbocycles. The van der Waals surface area contributed by atoms with Crippen molar-refractivity contribution in [1.29, 1.82) is 0 Å². The Hall–Kier alpha value is -2.50. The van der Waals surface area contributed by atoms with Crippen LogP contribution in [0.3, 0.4) is 0 Å². The summed E-state index contributed by atoms with van der Waals surface area (Å²) in [5.74, 6) is 2.47. The van der Waals surface area contributed by atoms with Crippen LogP contribution in [0.15, 0.2) is 66.7 Å². The van der Waals surface area contributed by atoms with Crippen molar-refractivity contribution in [2.45, 2.75) is 18.6 Å². The average Bonchev–Trinajstić information content (AvgIpc) is 3.14. The second kappa shape index (κ2) is 7.62. The highest BCUT2D eigenvalue weighted by Crippen LogP contribution is 2.28. The number of rotatable bonds is 5. The van der Waals surface area contributed by atoms with E-state index >= 15 is 0 Å². The van der Waals surface area contributed by atoms with E-state index in [1.165, 1.54) is 5.39 Å². The molecule has 0 radical (unpaired) electrons. The first-order valence-corrected chi connectivity index (χ1v) is 10.1. The van der Waals surface area contributed by atoms with Crippen LogP contribution in [0, 0.1) is 0 Å². The number of carbonyl (C=O) groups excluding carboxylic acids is 1. The molecule has 138 valence electrons. The maximum atomic E-state index is 12.2. The van der Waals surface area contributed by atoms with Crippen molar-refractivity contribution >= 4 is 28.4 Å². The summed E-state index contributed by atoms with van der Waals surface area (Å²) in [6.07, 6.45) is 0.509. The molecule has 0 aromatic heterocycles. The second-order valence-electron chi connectivity index (χ2n) is 6.78. The van der Waals surface area contributed by atoms with Gasteiger partial charge in [-0.1, -0.05) is 42.5 Å². The highest BCUT2D eigenvalue weighted by molar-refractivity contribution is 7.99.